The highest BCUT2D eigenvalue weighted by molar-refractivity contribution is 5.75. The predicted octanol–water partition coefficient (Wildman–Crippen LogP) is 4.42. The number of benzene rings is 1. The van der Waals surface area contributed by atoms with Crippen LogP contribution in [0.3, 0.4) is 0 Å². The second kappa shape index (κ2) is 7.67. The summed E-state index contributed by atoms with van der Waals surface area (Å²) in [5.74, 6) is -0.629. The molecule has 3 rings (SSSR count). The lowest BCUT2D eigenvalue weighted by atomic mass is 9.74. The average Bonchev–Trinajstić information content (AvgIpc) is 2.96. The minimum Gasteiger partial charge on any atom is -0.465 e. The number of ether oxygens (including phenoxy) is 1. The van der Waals surface area contributed by atoms with Crippen LogP contribution in [0, 0.1) is 23.6 Å². The van der Waals surface area contributed by atoms with Crippen molar-refractivity contribution in [2.45, 2.75) is 44.6 Å². The van der Waals surface area contributed by atoms with Crippen LogP contribution in [0.15, 0.2) is 29.4 Å². The van der Waals surface area contributed by atoms with E-state index < -0.39 is 0 Å². The molecule has 0 bridgehead atoms. The maximum Gasteiger partial charge on any atom is 0.309 e. The van der Waals surface area contributed by atoms with Gasteiger partial charge in [-0.3, -0.25) is 4.79 Å². The van der Waals surface area contributed by atoms with Gasteiger partial charge in [-0.1, -0.05) is 49.4 Å². The van der Waals surface area contributed by atoms with Crippen LogP contribution in [0.2, 0.25) is 0 Å². The predicted molar refractivity (Wildman–Crippen MR) is 87.6 cm³/mol. The van der Waals surface area contributed by atoms with Gasteiger partial charge >= 0.3 is 5.97 Å². The van der Waals surface area contributed by atoms with E-state index in [4.69, 9.17) is 10.3 Å². The molecule has 1 saturated heterocycles. The molecule has 6 heteroatoms. The number of hydrogen-bond acceptors (Lipinski definition) is 3. The molecule has 0 N–H and O–H groups in total. The highest BCUT2D eigenvalue weighted by Crippen LogP contribution is 2.38. The number of carbonyl (C=O) groups is 1. The third-order valence-corrected chi connectivity index (χ3v) is 5.36. The third kappa shape index (κ3) is 3.70. The second-order valence-corrected chi connectivity index (χ2v) is 6.82. The van der Waals surface area contributed by atoms with Gasteiger partial charge in [0.2, 0.25) is 0 Å². The van der Waals surface area contributed by atoms with Crippen LogP contribution in [0.25, 0.3) is 10.4 Å². The fourth-order valence-corrected chi connectivity index (χ4v) is 4.09. The number of hydrogen-bond donors (Lipinski definition) is 0. The van der Waals surface area contributed by atoms with E-state index in [1.165, 1.54) is 18.6 Å². The van der Waals surface area contributed by atoms with Crippen LogP contribution in [0.4, 0.5) is 4.39 Å². The van der Waals surface area contributed by atoms with Gasteiger partial charge in [0.15, 0.2) is 0 Å². The summed E-state index contributed by atoms with van der Waals surface area (Å²) in [6.45, 7) is 0.310. The van der Waals surface area contributed by atoms with E-state index in [0.717, 1.165) is 31.2 Å². The molecule has 0 aromatic heterocycles. The molecule has 3 atom stereocenters. The van der Waals surface area contributed by atoms with E-state index in [2.05, 4.69) is 10.0 Å². The molecule has 0 radical (unpaired) electrons. The summed E-state index contributed by atoms with van der Waals surface area (Å²) in [6, 6.07) is 5.99. The first-order chi connectivity index (χ1) is 11.7. The molecule has 1 aliphatic carbocycles. The molecular weight excluding hydrogens is 309 g/mol. The number of halogens is 1. The van der Waals surface area contributed by atoms with Gasteiger partial charge < -0.3 is 4.74 Å². The second-order valence-electron chi connectivity index (χ2n) is 6.82. The van der Waals surface area contributed by atoms with Gasteiger partial charge in [-0.05, 0) is 35.6 Å². The van der Waals surface area contributed by atoms with Crippen molar-refractivity contribution in [3.8, 4) is 0 Å². The molecule has 1 heterocycles. The Labute approximate surface area is 140 Å². The zero-order valence-electron chi connectivity index (χ0n) is 13.6. The Hall–Kier alpha value is -2.07. The summed E-state index contributed by atoms with van der Waals surface area (Å²) in [5, 5.41) is 4.06. The van der Waals surface area contributed by atoms with E-state index in [0.29, 0.717) is 18.9 Å². The van der Waals surface area contributed by atoms with Crippen LogP contribution in [-0.2, 0) is 16.0 Å². The highest BCUT2D eigenvalue weighted by Gasteiger charge is 2.43. The molecule has 0 amide bonds. The van der Waals surface area contributed by atoms with Crippen molar-refractivity contribution in [2.75, 3.05) is 6.61 Å². The van der Waals surface area contributed by atoms with Gasteiger partial charge in [0, 0.05) is 16.9 Å². The minimum atomic E-state index is -0.326. The first kappa shape index (κ1) is 16.8. The van der Waals surface area contributed by atoms with Gasteiger partial charge in [0.1, 0.15) is 5.82 Å². The first-order valence-corrected chi connectivity index (χ1v) is 8.64. The monoisotopic (exact) mass is 331 g/mol. The van der Waals surface area contributed by atoms with Gasteiger partial charge in [-0.15, -0.1) is 0 Å². The lowest BCUT2D eigenvalue weighted by Crippen LogP contribution is -2.34. The number of azide groups is 1. The molecule has 2 aliphatic rings. The molecule has 5 nitrogen and oxygen atoms in total. The third-order valence-electron chi connectivity index (χ3n) is 5.36. The summed E-state index contributed by atoms with van der Waals surface area (Å²) in [4.78, 5) is 15.3. The van der Waals surface area contributed by atoms with E-state index >= 15 is 0 Å². The van der Waals surface area contributed by atoms with Crippen molar-refractivity contribution in [3.63, 3.8) is 0 Å². The maximum atomic E-state index is 13.1. The Kier molecular flexibility index (Phi) is 5.36. The number of carbonyl (C=O) groups excluding carboxylic acids is 1. The molecule has 0 spiro atoms. The van der Waals surface area contributed by atoms with Crippen molar-refractivity contribution in [1.29, 1.82) is 0 Å². The first-order valence-electron chi connectivity index (χ1n) is 8.64. The Bertz CT molecular complexity index is 622. The van der Waals surface area contributed by atoms with Gasteiger partial charge in [0.05, 0.1) is 12.5 Å². The summed E-state index contributed by atoms with van der Waals surface area (Å²) in [6.07, 6.45) is 6.08. The van der Waals surface area contributed by atoms with Crippen molar-refractivity contribution < 1.29 is 13.9 Å². The molecule has 2 fully saturated rings. The van der Waals surface area contributed by atoms with Crippen LogP contribution in [-0.4, -0.2) is 18.6 Å². The quantitative estimate of drug-likeness (QED) is 0.347. The highest BCUT2D eigenvalue weighted by atomic mass is 19.1. The van der Waals surface area contributed by atoms with Crippen molar-refractivity contribution in [2.24, 2.45) is 22.9 Å². The normalized spacial score (nSPS) is 25.8. The average molecular weight is 331 g/mol. The van der Waals surface area contributed by atoms with E-state index in [9.17, 15) is 9.18 Å². The summed E-state index contributed by atoms with van der Waals surface area (Å²) < 4.78 is 18.4. The lowest BCUT2D eigenvalue weighted by Gasteiger charge is -2.32. The number of esters is 1. The maximum absolute atomic E-state index is 13.1. The lowest BCUT2D eigenvalue weighted by molar-refractivity contribution is -0.141. The fourth-order valence-electron chi connectivity index (χ4n) is 4.09. The smallest absolute Gasteiger partial charge is 0.309 e. The Morgan fingerprint density at radius 2 is 1.96 bits per heavy atom. The Balaban J connectivity index is 1.79. The van der Waals surface area contributed by atoms with E-state index in [-0.39, 0.29) is 29.7 Å². The minimum absolute atomic E-state index is 0.0958. The number of cyclic esters (lactones) is 1. The largest absolute Gasteiger partial charge is 0.465 e. The zero-order valence-corrected chi connectivity index (χ0v) is 13.6. The fraction of sp³-hybridized carbons (Fsp3) is 0.611. The Morgan fingerprint density at radius 1 is 1.25 bits per heavy atom. The van der Waals surface area contributed by atoms with Crippen LogP contribution in [0.1, 0.15) is 37.7 Å². The van der Waals surface area contributed by atoms with Crippen LogP contribution < -0.4 is 0 Å². The number of rotatable bonds is 5. The molecule has 1 saturated carbocycles. The van der Waals surface area contributed by atoms with Crippen LogP contribution in [0.5, 0.6) is 0 Å². The van der Waals surface area contributed by atoms with Gasteiger partial charge in [-0.2, -0.15) is 0 Å². The van der Waals surface area contributed by atoms with Crippen LogP contribution >= 0.6 is 0 Å². The molecule has 24 heavy (non-hydrogen) atoms. The van der Waals surface area contributed by atoms with Gasteiger partial charge in [0.25, 0.3) is 0 Å². The molecule has 1 aromatic rings. The zero-order chi connectivity index (χ0) is 16.9. The van der Waals surface area contributed by atoms with E-state index in [1.54, 1.807) is 12.1 Å². The Morgan fingerprint density at radius 3 is 2.62 bits per heavy atom. The summed E-state index contributed by atoms with van der Waals surface area (Å²) in [5.41, 5.74) is 9.89. The SMILES string of the molecule is [N-]=[N+]=N[C@@H](C1CCCCC1)[C@H]1COC(=O)[C@@H]1Cc1ccc(F)cc1. The molecular formula is C18H22FN3O2. The molecule has 128 valence electrons. The summed E-state index contributed by atoms with van der Waals surface area (Å²) in [7, 11) is 0. The summed E-state index contributed by atoms with van der Waals surface area (Å²) >= 11 is 0. The van der Waals surface area contributed by atoms with Crippen molar-refractivity contribution >= 4 is 5.97 Å². The molecule has 1 aromatic carbocycles. The van der Waals surface area contributed by atoms with E-state index in [1.807, 2.05) is 0 Å². The topological polar surface area (TPSA) is 75.1 Å². The standard InChI is InChI=1S/C18H22FN3O2/c19-14-8-6-12(7-9-14)10-15-16(11-24-18(15)23)17(21-22-20)13-4-2-1-3-5-13/h6-9,13,15-17H,1-5,10-11H2/t15-,16+,17+/m1/s1. The van der Waals surface area contributed by atoms with Crippen molar-refractivity contribution in [3.05, 3.63) is 46.1 Å². The molecule has 0 unspecified atom stereocenters. The van der Waals surface area contributed by atoms with Gasteiger partial charge in [-0.25, -0.2) is 4.39 Å². The number of nitrogens with zero attached hydrogens (tertiary/aromatic N) is 3. The molecule has 1 aliphatic heterocycles. The van der Waals surface area contributed by atoms with Crippen molar-refractivity contribution in [1.82, 2.24) is 0 Å².